The third-order valence-corrected chi connectivity index (χ3v) is 2.50. The van der Waals surface area contributed by atoms with E-state index < -0.39 is 30.1 Å². The van der Waals surface area contributed by atoms with Crippen LogP contribution in [-0.4, -0.2) is 18.5 Å². The summed E-state index contributed by atoms with van der Waals surface area (Å²) in [6, 6.07) is 2.16. The van der Waals surface area contributed by atoms with Gasteiger partial charge in [-0.3, -0.25) is 0 Å². The minimum absolute atomic E-state index is 0.0373. The summed E-state index contributed by atoms with van der Waals surface area (Å²) in [4.78, 5) is 0. The number of halogens is 4. The van der Waals surface area contributed by atoms with Crippen molar-refractivity contribution < 1.29 is 17.6 Å². The molecular weight excluding hydrogens is 234 g/mol. The van der Waals surface area contributed by atoms with Crippen molar-refractivity contribution in [1.29, 1.82) is 0 Å². The van der Waals surface area contributed by atoms with Crippen LogP contribution < -0.4 is 5.32 Å². The summed E-state index contributed by atoms with van der Waals surface area (Å²) < 4.78 is 51.1. The fraction of sp³-hybridized carbons (Fsp3) is 0.500. The summed E-state index contributed by atoms with van der Waals surface area (Å²) in [5.41, 5.74) is -0.0750. The molecule has 1 rings (SSSR count). The summed E-state index contributed by atoms with van der Waals surface area (Å²) in [5.74, 6) is -1.30. The van der Waals surface area contributed by atoms with Crippen LogP contribution in [-0.2, 0) is 6.42 Å². The highest BCUT2D eigenvalue weighted by Gasteiger charge is 2.18. The van der Waals surface area contributed by atoms with Gasteiger partial charge in [0.15, 0.2) is 0 Å². The van der Waals surface area contributed by atoms with Crippen LogP contribution in [0.25, 0.3) is 0 Å². The van der Waals surface area contributed by atoms with Crippen molar-refractivity contribution in [3.05, 3.63) is 35.4 Å². The molecule has 1 nitrogen and oxygen atoms in total. The van der Waals surface area contributed by atoms with E-state index in [0.29, 0.717) is 0 Å². The largest absolute Gasteiger partial charge is 0.306 e. The van der Waals surface area contributed by atoms with Crippen LogP contribution in [0.1, 0.15) is 19.4 Å². The van der Waals surface area contributed by atoms with Crippen LogP contribution in [0.3, 0.4) is 0 Å². The van der Waals surface area contributed by atoms with Crippen molar-refractivity contribution in [2.24, 2.45) is 0 Å². The molecule has 17 heavy (non-hydrogen) atoms. The van der Waals surface area contributed by atoms with E-state index in [1.165, 1.54) is 13.0 Å². The number of benzene rings is 1. The van der Waals surface area contributed by atoms with Gasteiger partial charge in [0.25, 0.3) is 6.43 Å². The molecule has 0 heterocycles. The molecule has 0 saturated carbocycles. The Kier molecular flexibility index (Phi) is 4.93. The molecule has 1 aromatic rings. The zero-order valence-corrected chi connectivity index (χ0v) is 9.68. The van der Waals surface area contributed by atoms with Crippen molar-refractivity contribution >= 4 is 0 Å². The van der Waals surface area contributed by atoms with E-state index in [-0.39, 0.29) is 12.0 Å². The second-order valence-electron chi connectivity index (χ2n) is 4.10. The molecule has 0 fully saturated rings. The molecule has 0 aromatic heterocycles. The van der Waals surface area contributed by atoms with Gasteiger partial charge in [-0.05, 0) is 32.4 Å². The highest BCUT2D eigenvalue weighted by Crippen LogP contribution is 2.14. The SMILES string of the molecule is CC(Cc1c(F)cccc1F)NC(C)C(F)F. The van der Waals surface area contributed by atoms with Crippen LogP contribution in [0.5, 0.6) is 0 Å². The van der Waals surface area contributed by atoms with Gasteiger partial charge in [0.1, 0.15) is 11.6 Å². The van der Waals surface area contributed by atoms with Gasteiger partial charge in [-0.15, -0.1) is 0 Å². The molecule has 1 aromatic carbocycles. The van der Waals surface area contributed by atoms with Crippen LogP contribution in [0, 0.1) is 11.6 Å². The summed E-state index contributed by atoms with van der Waals surface area (Å²) in [6.45, 7) is 2.95. The Morgan fingerprint density at radius 2 is 1.65 bits per heavy atom. The Bertz CT molecular complexity index is 347. The zero-order chi connectivity index (χ0) is 13.0. The minimum Gasteiger partial charge on any atom is -0.306 e. The molecule has 2 atom stereocenters. The highest BCUT2D eigenvalue weighted by molar-refractivity contribution is 5.20. The number of nitrogens with one attached hydrogen (secondary N) is 1. The van der Waals surface area contributed by atoms with Crippen molar-refractivity contribution in [2.75, 3.05) is 0 Å². The third-order valence-electron chi connectivity index (χ3n) is 2.50. The fourth-order valence-corrected chi connectivity index (χ4v) is 1.61. The number of rotatable bonds is 5. The Morgan fingerprint density at radius 1 is 1.12 bits per heavy atom. The molecule has 0 amide bonds. The lowest BCUT2D eigenvalue weighted by atomic mass is 10.1. The minimum atomic E-state index is -2.50. The second kappa shape index (κ2) is 6.00. The van der Waals surface area contributed by atoms with Gasteiger partial charge >= 0.3 is 0 Å². The molecule has 1 N–H and O–H groups in total. The van der Waals surface area contributed by atoms with E-state index >= 15 is 0 Å². The van der Waals surface area contributed by atoms with Gasteiger partial charge in [0, 0.05) is 11.6 Å². The molecule has 2 unspecified atom stereocenters. The van der Waals surface area contributed by atoms with Crippen LogP contribution in [0.15, 0.2) is 18.2 Å². The van der Waals surface area contributed by atoms with Crippen molar-refractivity contribution in [3.8, 4) is 0 Å². The number of hydrogen-bond donors (Lipinski definition) is 1. The lowest BCUT2D eigenvalue weighted by Crippen LogP contribution is -2.40. The van der Waals surface area contributed by atoms with Crippen LogP contribution >= 0.6 is 0 Å². The number of hydrogen-bond acceptors (Lipinski definition) is 1. The predicted octanol–water partition coefficient (Wildman–Crippen LogP) is 3.14. The summed E-state index contributed by atoms with van der Waals surface area (Å²) >= 11 is 0. The Morgan fingerprint density at radius 3 is 2.12 bits per heavy atom. The van der Waals surface area contributed by atoms with Crippen molar-refractivity contribution in [3.63, 3.8) is 0 Å². The molecule has 5 heteroatoms. The second-order valence-corrected chi connectivity index (χ2v) is 4.10. The van der Waals surface area contributed by atoms with E-state index in [9.17, 15) is 17.6 Å². The third kappa shape index (κ3) is 4.00. The van der Waals surface area contributed by atoms with E-state index in [2.05, 4.69) is 5.32 Å². The molecule has 0 saturated heterocycles. The topological polar surface area (TPSA) is 12.0 Å². The smallest absolute Gasteiger partial charge is 0.253 e. The summed E-state index contributed by atoms with van der Waals surface area (Å²) in [6.07, 6.45) is -2.46. The normalized spacial score (nSPS) is 15.0. The van der Waals surface area contributed by atoms with Gasteiger partial charge in [-0.25, -0.2) is 17.6 Å². The summed E-state index contributed by atoms with van der Waals surface area (Å²) in [7, 11) is 0. The number of alkyl halides is 2. The Balaban J connectivity index is 2.65. The average molecular weight is 249 g/mol. The van der Waals surface area contributed by atoms with E-state index in [1.807, 2.05) is 0 Å². The van der Waals surface area contributed by atoms with E-state index in [0.717, 1.165) is 12.1 Å². The van der Waals surface area contributed by atoms with Crippen LogP contribution in [0.4, 0.5) is 17.6 Å². The Hall–Kier alpha value is -1.10. The molecule has 96 valence electrons. The molecule has 0 aliphatic rings. The predicted molar refractivity (Wildman–Crippen MR) is 58.1 cm³/mol. The average Bonchev–Trinajstić information content (AvgIpc) is 2.23. The van der Waals surface area contributed by atoms with Gasteiger partial charge in [-0.1, -0.05) is 6.07 Å². The monoisotopic (exact) mass is 249 g/mol. The zero-order valence-electron chi connectivity index (χ0n) is 9.68. The molecule has 0 radical (unpaired) electrons. The highest BCUT2D eigenvalue weighted by atomic mass is 19.3. The quantitative estimate of drug-likeness (QED) is 0.790. The first-order valence-corrected chi connectivity index (χ1v) is 5.39. The standard InChI is InChI=1S/C12H15F4N/c1-7(17-8(2)12(15)16)6-9-10(13)4-3-5-11(9)14/h3-5,7-8,12,17H,6H2,1-2H3. The summed E-state index contributed by atoms with van der Waals surface area (Å²) in [5, 5.41) is 2.60. The Labute approximate surface area is 97.8 Å². The van der Waals surface area contributed by atoms with Crippen LogP contribution in [0.2, 0.25) is 0 Å². The fourth-order valence-electron chi connectivity index (χ4n) is 1.61. The lowest BCUT2D eigenvalue weighted by molar-refractivity contribution is 0.101. The molecule has 0 spiro atoms. The maximum absolute atomic E-state index is 13.3. The maximum Gasteiger partial charge on any atom is 0.253 e. The molecule has 0 aliphatic heterocycles. The first-order chi connectivity index (χ1) is 7.91. The van der Waals surface area contributed by atoms with Crippen molar-refractivity contribution in [1.82, 2.24) is 5.32 Å². The van der Waals surface area contributed by atoms with Gasteiger partial charge in [-0.2, -0.15) is 0 Å². The molecule has 0 bridgehead atoms. The lowest BCUT2D eigenvalue weighted by Gasteiger charge is -2.19. The first-order valence-electron chi connectivity index (χ1n) is 5.39. The first kappa shape index (κ1) is 14.0. The van der Waals surface area contributed by atoms with Crippen molar-refractivity contribution in [2.45, 2.75) is 38.8 Å². The van der Waals surface area contributed by atoms with Gasteiger partial charge in [0.2, 0.25) is 0 Å². The van der Waals surface area contributed by atoms with Gasteiger partial charge in [0.05, 0.1) is 6.04 Å². The molecular formula is C12H15F4N. The van der Waals surface area contributed by atoms with E-state index in [1.54, 1.807) is 6.92 Å². The van der Waals surface area contributed by atoms with E-state index in [4.69, 9.17) is 0 Å². The maximum atomic E-state index is 13.3. The van der Waals surface area contributed by atoms with Gasteiger partial charge < -0.3 is 5.32 Å². The molecule has 0 aliphatic carbocycles.